The Morgan fingerprint density at radius 1 is 1.69 bits per heavy atom. The number of hydrogen-bond acceptors (Lipinski definition) is 5. The van der Waals surface area contributed by atoms with Crippen LogP contribution in [0.4, 0.5) is 0 Å². The molecule has 0 amide bonds. The summed E-state index contributed by atoms with van der Waals surface area (Å²) in [6.07, 6.45) is -0.996. The molecule has 1 aromatic rings. The van der Waals surface area contributed by atoms with Gasteiger partial charge in [0.15, 0.2) is 0 Å². The van der Waals surface area contributed by atoms with E-state index in [1.165, 1.54) is 11.3 Å². The molecule has 1 aromatic heterocycles. The molecule has 0 saturated heterocycles. The van der Waals surface area contributed by atoms with Gasteiger partial charge in [0, 0.05) is 0 Å². The van der Waals surface area contributed by atoms with E-state index in [9.17, 15) is 4.79 Å². The zero-order valence-electron chi connectivity index (χ0n) is 6.84. The SMILES string of the molecule is O=C(OCC(O)CO)c1cccs1. The quantitative estimate of drug-likeness (QED) is 0.687. The van der Waals surface area contributed by atoms with Crippen molar-refractivity contribution in [3.63, 3.8) is 0 Å². The lowest BCUT2D eigenvalue weighted by atomic mass is 10.4. The van der Waals surface area contributed by atoms with Crippen molar-refractivity contribution in [2.24, 2.45) is 0 Å². The van der Waals surface area contributed by atoms with Crippen LogP contribution in [0.1, 0.15) is 9.67 Å². The summed E-state index contributed by atoms with van der Waals surface area (Å²) in [6, 6.07) is 3.38. The minimum atomic E-state index is -0.996. The fourth-order valence-corrected chi connectivity index (χ4v) is 1.31. The highest BCUT2D eigenvalue weighted by Gasteiger charge is 2.10. The van der Waals surface area contributed by atoms with Gasteiger partial charge in [0.05, 0.1) is 6.61 Å². The highest BCUT2D eigenvalue weighted by molar-refractivity contribution is 7.11. The lowest BCUT2D eigenvalue weighted by Gasteiger charge is -2.06. The molecule has 2 N–H and O–H groups in total. The number of thiophene rings is 1. The predicted octanol–water partition coefficient (Wildman–Crippen LogP) is 0.258. The summed E-state index contributed by atoms with van der Waals surface area (Å²) < 4.78 is 4.70. The minimum Gasteiger partial charge on any atom is -0.459 e. The van der Waals surface area contributed by atoms with E-state index in [0.29, 0.717) is 4.88 Å². The van der Waals surface area contributed by atoms with Crippen molar-refractivity contribution in [3.05, 3.63) is 22.4 Å². The molecule has 0 aromatic carbocycles. The third kappa shape index (κ3) is 3.14. The number of esters is 1. The summed E-state index contributed by atoms with van der Waals surface area (Å²) in [5.74, 6) is -0.470. The van der Waals surface area contributed by atoms with Crippen molar-refractivity contribution in [2.45, 2.75) is 6.10 Å². The second-order valence-electron chi connectivity index (χ2n) is 2.41. The van der Waals surface area contributed by atoms with Crippen molar-refractivity contribution < 1.29 is 19.7 Å². The van der Waals surface area contributed by atoms with Gasteiger partial charge in [0.2, 0.25) is 0 Å². The van der Waals surface area contributed by atoms with Crippen molar-refractivity contribution in [2.75, 3.05) is 13.2 Å². The van der Waals surface area contributed by atoms with Crippen LogP contribution in [-0.4, -0.2) is 35.5 Å². The number of carbonyl (C=O) groups is 1. The lowest BCUT2D eigenvalue weighted by Crippen LogP contribution is -2.21. The van der Waals surface area contributed by atoms with Gasteiger partial charge in [-0.15, -0.1) is 11.3 Å². The molecule has 0 radical (unpaired) electrons. The fourth-order valence-electron chi connectivity index (χ4n) is 0.690. The summed E-state index contributed by atoms with van der Waals surface area (Å²) in [4.78, 5) is 11.6. The summed E-state index contributed by atoms with van der Waals surface area (Å²) in [6.45, 7) is -0.578. The topological polar surface area (TPSA) is 66.8 Å². The number of aliphatic hydroxyl groups is 2. The van der Waals surface area contributed by atoms with E-state index in [0.717, 1.165) is 0 Å². The second kappa shape index (κ2) is 4.96. The van der Waals surface area contributed by atoms with Gasteiger partial charge in [-0.3, -0.25) is 0 Å². The lowest BCUT2D eigenvalue weighted by molar-refractivity contribution is 0.00971. The Balaban J connectivity index is 2.35. The van der Waals surface area contributed by atoms with E-state index in [4.69, 9.17) is 14.9 Å². The van der Waals surface area contributed by atoms with Crippen LogP contribution in [0.5, 0.6) is 0 Å². The highest BCUT2D eigenvalue weighted by atomic mass is 32.1. The van der Waals surface area contributed by atoms with Gasteiger partial charge in [-0.2, -0.15) is 0 Å². The Morgan fingerprint density at radius 2 is 2.46 bits per heavy atom. The average molecular weight is 202 g/mol. The second-order valence-corrected chi connectivity index (χ2v) is 3.36. The average Bonchev–Trinajstić information content (AvgIpc) is 2.66. The first kappa shape index (κ1) is 10.2. The van der Waals surface area contributed by atoms with E-state index in [1.807, 2.05) is 0 Å². The van der Waals surface area contributed by atoms with Crippen LogP contribution < -0.4 is 0 Å². The molecule has 0 aliphatic carbocycles. The molecule has 72 valence electrons. The van der Waals surface area contributed by atoms with Crippen LogP contribution in [0.3, 0.4) is 0 Å². The Hall–Kier alpha value is -0.910. The molecule has 0 fully saturated rings. The molecular formula is C8H10O4S. The third-order valence-corrected chi connectivity index (χ3v) is 2.19. The largest absolute Gasteiger partial charge is 0.459 e. The van der Waals surface area contributed by atoms with E-state index < -0.39 is 18.7 Å². The molecule has 0 spiro atoms. The van der Waals surface area contributed by atoms with Crippen molar-refractivity contribution >= 4 is 17.3 Å². The number of ether oxygens (including phenoxy) is 1. The maximum atomic E-state index is 11.1. The first-order valence-corrected chi connectivity index (χ1v) is 4.61. The zero-order chi connectivity index (χ0) is 9.68. The van der Waals surface area contributed by atoms with E-state index in [-0.39, 0.29) is 6.61 Å². The first-order chi connectivity index (χ1) is 6.24. The Bertz CT molecular complexity index is 257. The first-order valence-electron chi connectivity index (χ1n) is 3.73. The summed E-state index contributed by atoms with van der Waals surface area (Å²) in [7, 11) is 0. The molecule has 1 unspecified atom stereocenters. The number of carbonyl (C=O) groups excluding carboxylic acids is 1. The van der Waals surface area contributed by atoms with Crippen LogP contribution in [0, 0.1) is 0 Å². The molecule has 1 heterocycles. The summed E-state index contributed by atoms with van der Waals surface area (Å²) >= 11 is 1.27. The van der Waals surface area contributed by atoms with E-state index in [1.54, 1.807) is 17.5 Å². The van der Waals surface area contributed by atoms with Crippen molar-refractivity contribution in [1.29, 1.82) is 0 Å². The highest BCUT2D eigenvalue weighted by Crippen LogP contribution is 2.09. The van der Waals surface area contributed by atoms with Crippen LogP contribution in [0.2, 0.25) is 0 Å². The molecule has 0 aliphatic heterocycles. The van der Waals surface area contributed by atoms with E-state index >= 15 is 0 Å². The van der Waals surface area contributed by atoms with Gasteiger partial charge in [-0.25, -0.2) is 4.79 Å². The van der Waals surface area contributed by atoms with Crippen LogP contribution >= 0.6 is 11.3 Å². The fraction of sp³-hybridized carbons (Fsp3) is 0.375. The Labute approximate surface area is 79.4 Å². The number of hydrogen-bond donors (Lipinski definition) is 2. The Kier molecular flexibility index (Phi) is 3.88. The molecule has 0 aliphatic rings. The normalized spacial score (nSPS) is 12.5. The van der Waals surface area contributed by atoms with Gasteiger partial charge >= 0.3 is 5.97 Å². The summed E-state index contributed by atoms with van der Waals surface area (Å²) in [5, 5.41) is 19.1. The maximum absolute atomic E-state index is 11.1. The number of aliphatic hydroxyl groups excluding tert-OH is 2. The minimum absolute atomic E-state index is 0.173. The maximum Gasteiger partial charge on any atom is 0.348 e. The van der Waals surface area contributed by atoms with E-state index in [2.05, 4.69) is 0 Å². The monoisotopic (exact) mass is 202 g/mol. The van der Waals surface area contributed by atoms with Gasteiger partial charge in [-0.05, 0) is 11.4 Å². The van der Waals surface area contributed by atoms with Crippen LogP contribution in [-0.2, 0) is 4.74 Å². The Morgan fingerprint density at radius 3 is 3.00 bits per heavy atom. The molecule has 5 heteroatoms. The molecule has 0 saturated carbocycles. The predicted molar refractivity (Wildman–Crippen MR) is 47.7 cm³/mol. The standard InChI is InChI=1S/C8H10O4S/c9-4-6(10)5-12-8(11)7-2-1-3-13-7/h1-3,6,9-10H,4-5H2. The number of rotatable bonds is 4. The molecule has 13 heavy (non-hydrogen) atoms. The van der Waals surface area contributed by atoms with Gasteiger partial charge < -0.3 is 14.9 Å². The zero-order valence-corrected chi connectivity index (χ0v) is 7.66. The van der Waals surface area contributed by atoms with Crippen LogP contribution in [0.15, 0.2) is 17.5 Å². The van der Waals surface area contributed by atoms with Crippen LogP contribution in [0.25, 0.3) is 0 Å². The van der Waals surface area contributed by atoms with Gasteiger partial charge in [0.1, 0.15) is 17.6 Å². The molecule has 4 nitrogen and oxygen atoms in total. The molecule has 1 rings (SSSR count). The molecule has 0 bridgehead atoms. The third-order valence-electron chi connectivity index (χ3n) is 1.34. The molecule has 1 atom stereocenters. The van der Waals surface area contributed by atoms with Gasteiger partial charge in [0.25, 0.3) is 0 Å². The van der Waals surface area contributed by atoms with Gasteiger partial charge in [-0.1, -0.05) is 6.07 Å². The summed E-state index contributed by atoms with van der Waals surface area (Å²) in [5.41, 5.74) is 0. The van der Waals surface area contributed by atoms with Crippen molar-refractivity contribution in [1.82, 2.24) is 0 Å². The smallest absolute Gasteiger partial charge is 0.348 e. The van der Waals surface area contributed by atoms with Crippen molar-refractivity contribution in [3.8, 4) is 0 Å². The molecular weight excluding hydrogens is 192 g/mol.